The number of hydrogen-bond acceptors (Lipinski definition) is 7. The van der Waals surface area contributed by atoms with Gasteiger partial charge in [-0.1, -0.05) is 78.9 Å². The highest BCUT2D eigenvalue weighted by molar-refractivity contribution is 7.49. The molecule has 5 aromatic rings. The molecule has 0 bridgehead atoms. The maximum atomic E-state index is 14.5. The highest BCUT2D eigenvalue weighted by Gasteiger charge is 2.36. The first-order valence-corrected chi connectivity index (χ1v) is 17.9. The van der Waals surface area contributed by atoms with Crippen LogP contribution in [0, 0.1) is 55.4 Å². The summed E-state index contributed by atoms with van der Waals surface area (Å²) in [4.78, 5) is 0. The van der Waals surface area contributed by atoms with Crippen LogP contribution < -0.4 is 27.1 Å². The average Bonchev–Trinajstić information content (AvgIpc) is 3.01. The maximum absolute atomic E-state index is 14.5. The van der Waals surface area contributed by atoms with E-state index in [1.54, 1.807) is 24.3 Å². The van der Waals surface area contributed by atoms with Gasteiger partial charge in [-0.2, -0.15) is 4.57 Å². The third kappa shape index (κ3) is 8.29. The van der Waals surface area contributed by atoms with E-state index in [9.17, 15) is 4.57 Å². The van der Waals surface area contributed by atoms with Crippen LogP contribution >= 0.6 is 16.4 Å². The summed E-state index contributed by atoms with van der Waals surface area (Å²) >= 11 is 0. The number of para-hydroxylation sites is 4. The molecule has 0 radical (unpaired) electrons. The zero-order valence-electron chi connectivity index (χ0n) is 28.0. The van der Waals surface area contributed by atoms with Crippen LogP contribution in [0.5, 0.6) is 34.5 Å². The zero-order valence-corrected chi connectivity index (χ0v) is 29.8. The van der Waals surface area contributed by atoms with Gasteiger partial charge in [0.2, 0.25) is 0 Å². The fraction of sp³-hybridized carbons (Fsp3) is 0.211. The molecule has 9 heteroatoms. The zero-order chi connectivity index (χ0) is 33.7. The van der Waals surface area contributed by atoms with Gasteiger partial charge in [0.05, 0.1) is 0 Å². The summed E-state index contributed by atoms with van der Waals surface area (Å²) in [5, 5.41) is 0. The predicted molar refractivity (Wildman–Crippen MR) is 188 cm³/mol. The van der Waals surface area contributed by atoms with Gasteiger partial charge in [-0.25, -0.2) is 0 Å². The minimum atomic E-state index is -4.30. The third-order valence-corrected chi connectivity index (χ3v) is 9.85. The normalized spacial score (nSPS) is 11.3. The average molecular weight is 671 g/mol. The van der Waals surface area contributed by atoms with Crippen LogP contribution in [0.1, 0.15) is 44.5 Å². The highest BCUT2D eigenvalue weighted by Crippen LogP contribution is 2.53. The molecule has 0 aromatic heterocycles. The predicted octanol–water partition coefficient (Wildman–Crippen LogP) is 11.6. The lowest BCUT2D eigenvalue weighted by atomic mass is 10.1. The van der Waals surface area contributed by atoms with E-state index in [4.69, 9.17) is 27.1 Å². The van der Waals surface area contributed by atoms with E-state index >= 15 is 0 Å². The summed E-state index contributed by atoms with van der Waals surface area (Å²) in [7, 11) is -6.28. The molecule has 0 amide bonds. The molecule has 0 saturated carbocycles. The number of benzene rings is 5. The Balaban J connectivity index is 1.48. The number of aryl methyl sites for hydroxylation is 8. The van der Waals surface area contributed by atoms with Gasteiger partial charge in [0, 0.05) is 6.07 Å². The lowest BCUT2D eigenvalue weighted by Crippen LogP contribution is -2.10. The lowest BCUT2D eigenvalue weighted by Gasteiger charge is -2.23. The van der Waals surface area contributed by atoms with Gasteiger partial charge >= 0.3 is 16.4 Å². The molecule has 0 unspecified atom stereocenters. The topological polar surface area (TPSA) is 72.5 Å². The number of rotatable bonds is 12. The Morgan fingerprint density at radius 3 is 1.11 bits per heavy atom. The fourth-order valence-corrected chi connectivity index (χ4v) is 7.84. The second kappa shape index (κ2) is 14.5. The molecule has 5 rings (SSSR count). The van der Waals surface area contributed by atoms with Gasteiger partial charge < -0.3 is 27.1 Å². The molecule has 244 valence electrons. The summed E-state index contributed by atoms with van der Waals surface area (Å²) in [6.45, 7) is 15.5. The number of phosphoric ester groups is 1. The molecular weight excluding hydrogens is 630 g/mol. The van der Waals surface area contributed by atoms with Crippen LogP contribution in [0.4, 0.5) is 0 Å². The molecule has 0 atom stereocenters. The summed E-state index contributed by atoms with van der Waals surface area (Å²) in [5.41, 5.74) is 7.02. The summed E-state index contributed by atoms with van der Waals surface area (Å²) < 4.78 is 52.2. The van der Waals surface area contributed by atoms with Crippen LogP contribution in [-0.2, 0) is 4.57 Å². The standard InChI is InChI=1S/C38H40O7P2/c1-25-14-9-15-26(2)35(25)41-46(42-36-27(3)16-10-17-28(36)4)40-33-22-13-23-34(24-33)43-47(39,44-37-29(5)18-11-19-30(37)6)45-38-31(7)20-12-21-32(38)8/h9-24H,1-8H3. The highest BCUT2D eigenvalue weighted by atomic mass is 31.2. The van der Waals surface area contributed by atoms with Crippen molar-refractivity contribution in [2.75, 3.05) is 0 Å². The Morgan fingerprint density at radius 2 is 0.723 bits per heavy atom. The monoisotopic (exact) mass is 670 g/mol. The maximum Gasteiger partial charge on any atom is 0.647 e. The van der Waals surface area contributed by atoms with Crippen LogP contribution in [0.3, 0.4) is 0 Å². The quantitative estimate of drug-likeness (QED) is 0.122. The Labute approximate surface area is 279 Å². The van der Waals surface area contributed by atoms with Gasteiger partial charge in [-0.05, 0) is 112 Å². The summed E-state index contributed by atoms with van der Waals surface area (Å²) in [6, 6.07) is 30.0. The number of hydrogen-bond donors (Lipinski definition) is 0. The molecule has 7 nitrogen and oxygen atoms in total. The van der Waals surface area contributed by atoms with Crippen molar-refractivity contribution in [1.82, 2.24) is 0 Å². The number of phosphoric acid groups is 1. The smallest absolute Gasteiger partial charge is 0.408 e. The molecule has 0 saturated heterocycles. The van der Waals surface area contributed by atoms with Crippen LogP contribution in [-0.4, -0.2) is 0 Å². The summed E-state index contributed by atoms with van der Waals surface area (Å²) in [5.74, 6) is 2.84. The van der Waals surface area contributed by atoms with Gasteiger partial charge in [-0.3, -0.25) is 0 Å². The van der Waals surface area contributed by atoms with E-state index in [0.717, 1.165) is 44.5 Å². The Bertz CT molecular complexity index is 1750. The fourth-order valence-electron chi connectivity index (χ4n) is 5.06. The minimum Gasteiger partial charge on any atom is -0.408 e. The van der Waals surface area contributed by atoms with Gasteiger partial charge in [0.1, 0.15) is 34.5 Å². The van der Waals surface area contributed by atoms with Crippen molar-refractivity contribution in [3.8, 4) is 34.5 Å². The van der Waals surface area contributed by atoms with E-state index in [-0.39, 0.29) is 5.75 Å². The third-order valence-electron chi connectivity index (χ3n) is 7.58. The molecule has 0 spiro atoms. The Kier molecular flexibility index (Phi) is 10.5. The SMILES string of the molecule is Cc1cccc(C)c1OP(Oc1cccc(OP(=O)(Oc2c(C)cccc2C)Oc2c(C)cccc2C)c1)Oc1c(C)cccc1C. The van der Waals surface area contributed by atoms with Crippen molar-refractivity contribution in [2.24, 2.45) is 0 Å². The van der Waals surface area contributed by atoms with Gasteiger partial charge in [-0.15, -0.1) is 0 Å². The Morgan fingerprint density at radius 1 is 0.404 bits per heavy atom. The largest absolute Gasteiger partial charge is 0.647 e. The lowest BCUT2D eigenvalue weighted by molar-refractivity contribution is 0.295. The molecule has 0 aliphatic carbocycles. The van der Waals surface area contributed by atoms with Crippen LogP contribution in [0.25, 0.3) is 0 Å². The molecular formula is C38H40O7P2. The molecule has 0 aliphatic rings. The molecule has 0 heterocycles. The van der Waals surface area contributed by atoms with Crippen molar-refractivity contribution in [3.63, 3.8) is 0 Å². The van der Waals surface area contributed by atoms with Crippen LogP contribution in [0.2, 0.25) is 0 Å². The van der Waals surface area contributed by atoms with E-state index in [1.807, 2.05) is 128 Å². The minimum absolute atomic E-state index is 0.220. The van der Waals surface area contributed by atoms with Crippen molar-refractivity contribution < 1.29 is 31.7 Å². The molecule has 0 fully saturated rings. The van der Waals surface area contributed by atoms with Crippen molar-refractivity contribution in [1.29, 1.82) is 0 Å². The molecule has 5 aromatic carbocycles. The molecule has 0 N–H and O–H groups in total. The van der Waals surface area contributed by atoms with E-state index in [0.29, 0.717) is 28.7 Å². The van der Waals surface area contributed by atoms with Gasteiger partial charge in [0.15, 0.2) is 0 Å². The van der Waals surface area contributed by atoms with Crippen molar-refractivity contribution in [2.45, 2.75) is 55.4 Å². The van der Waals surface area contributed by atoms with E-state index < -0.39 is 16.4 Å². The van der Waals surface area contributed by atoms with E-state index in [2.05, 4.69) is 0 Å². The van der Waals surface area contributed by atoms with Gasteiger partial charge in [0.25, 0.3) is 0 Å². The van der Waals surface area contributed by atoms with E-state index in [1.165, 1.54) is 0 Å². The first kappa shape index (κ1) is 33.9. The van der Waals surface area contributed by atoms with Crippen molar-refractivity contribution in [3.05, 3.63) is 142 Å². The van der Waals surface area contributed by atoms with Crippen LogP contribution in [0.15, 0.2) is 97.1 Å². The second-order valence-electron chi connectivity index (χ2n) is 11.6. The first-order valence-electron chi connectivity index (χ1n) is 15.3. The molecule has 47 heavy (non-hydrogen) atoms. The Hall–Kier alpha value is -4.44. The first-order chi connectivity index (χ1) is 22.4. The second-order valence-corrected chi connectivity index (χ2v) is 14.0. The molecule has 0 aliphatic heterocycles. The van der Waals surface area contributed by atoms with Crippen molar-refractivity contribution >= 4 is 16.4 Å². The summed E-state index contributed by atoms with van der Waals surface area (Å²) in [6.07, 6.45) is 0.